The van der Waals surface area contributed by atoms with E-state index >= 15 is 0 Å². The molecule has 0 amide bonds. The predicted octanol–water partition coefficient (Wildman–Crippen LogP) is 1.04. The van der Waals surface area contributed by atoms with Crippen molar-refractivity contribution in [2.24, 2.45) is 0 Å². The van der Waals surface area contributed by atoms with E-state index < -0.39 is 0 Å². The third kappa shape index (κ3) is 5.67. The van der Waals surface area contributed by atoms with Crippen LogP contribution in [0.4, 0.5) is 0 Å². The highest BCUT2D eigenvalue weighted by Crippen LogP contribution is 1.91. The zero-order valence-corrected chi connectivity index (χ0v) is 14.9. The van der Waals surface area contributed by atoms with E-state index in [9.17, 15) is 0 Å². The summed E-state index contributed by atoms with van der Waals surface area (Å²) < 4.78 is 0. The average Bonchev–Trinajstić information content (AvgIpc) is 2.58. The Morgan fingerprint density at radius 3 is 1.22 bits per heavy atom. The fourth-order valence-corrected chi connectivity index (χ4v) is 2.63. The van der Waals surface area contributed by atoms with Gasteiger partial charge in [-0.3, -0.25) is 0 Å². The number of benzene rings is 2. The van der Waals surface area contributed by atoms with Crippen LogP contribution < -0.4 is 21.9 Å². The second kappa shape index (κ2) is 8.67. The van der Waals surface area contributed by atoms with Crippen LogP contribution in [0.5, 0.6) is 0 Å². The molecule has 0 bridgehead atoms. The first-order chi connectivity index (χ1) is 11.1. The van der Waals surface area contributed by atoms with Crippen LogP contribution in [0.15, 0.2) is 71.6 Å². The summed E-state index contributed by atoms with van der Waals surface area (Å²) in [5.74, 6) is 0. The maximum Gasteiger partial charge on any atom is 0.192 e. The van der Waals surface area contributed by atoms with Crippen molar-refractivity contribution in [2.75, 3.05) is 0 Å². The van der Waals surface area contributed by atoms with Crippen LogP contribution in [0, 0.1) is 0 Å². The van der Waals surface area contributed by atoms with Crippen molar-refractivity contribution in [2.45, 2.75) is 27.7 Å². The number of allylic oxidation sites excluding steroid dienone is 4. The van der Waals surface area contributed by atoms with Gasteiger partial charge in [0.2, 0.25) is 0 Å². The van der Waals surface area contributed by atoms with Crippen LogP contribution in [-0.2, 0) is 0 Å². The standard InChI is InChI=1S/C20H25B3/c1-5-15(3)21-17-7-11-19(12-8-17)23-20-13-9-18(10-14-20)22-16(4)6-2/h5-14,21-23H,1-4H3/b15-5+,16-6+. The minimum Gasteiger partial charge on any atom is -0.107 e. The van der Waals surface area contributed by atoms with Crippen LogP contribution in [0.25, 0.3) is 0 Å². The minimum atomic E-state index is 1.01. The van der Waals surface area contributed by atoms with Gasteiger partial charge in [-0.15, -0.1) is 10.9 Å². The van der Waals surface area contributed by atoms with Crippen molar-refractivity contribution >= 4 is 43.7 Å². The molecule has 0 aliphatic heterocycles. The van der Waals surface area contributed by atoms with E-state index in [1.54, 1.807) is 0 Å². The van der Waals surface area contributed by atoms with Crippen molar-refractivity contribution in [3.63, 3.8) is 0 Å². The Bertz CT molecular complexity index is 618. The molecule has 0 radical (unpaired) electrons. The summed E-state index contributed by atoms with van der Waals surface area (Å²) in [5, 5.41) is 0. The first-order valence-corrected chi connectivity index (χ1v) is 8.50. The Labute approximate surface area is 143 Å². The van der Waals surface area contributed by atoms with Gasteiger partial charge in [-0.1, -0.05) is 96.4 Å². The Kier molecular flexibility index (Phi) is 6.58. The predicted molar refractivity (Wildman–Crippen MR) is 112 cm³/mol. The summed E-state index contributed by atoms with van der Waals surface area (Å²) in [7, 11) is 3.11. The van der Waals surface area contributed by atoms with Crippen molar-refractivity contribution in [1.29, 1.82) is 0 Å². The van der Waals surface area contributed by atoms with Gasteiger partial charge in [0.25, 0.3) is 0 Å². The number of rotatable bonds is 6. The lowest BCUT2D eigenvalue weighted by atomic mass is 9.59. The molecule has 0 spiro atoms. The maximum atomic E-state index is 2.26. The molecule has 2 aromatic rings. The monoisotopic (exact) mass is 298 g/mol. The fourth-order valence-electron chi connectivity index (χ4n) is 2.63. The molecule has 3 heteroatoms. The fraction of sp³-hybridized carbons (Fsp3) is 0.200. The van der Waals surface area contributed by atoms with Crippen molar-refractivity contribution in [1.82, 2.24) is 0 Å². The van der Waals surface area contributed by atoms with Crippen molar-refractivity contribution < 1.29 is 0 Å². The molecule has 0 saturated heterocycles. The molecule has 0 heterocycles. The van der Waals surface area contributed by atoms with Gasteiger partial charge < -0.3 is 0 Å². The zero-order chi connectivity index (χ0) is 16.7. The van der Waals surface area contributed by atoms with E-state index in [0.29, 0.717) is 0 Å². The number of hydrogen-bond acceptors (Lipinski definition) is 0. The molecular formula is C20H25B3. The van der Waals surface area contributed by atoms with Crippen molar-refractivity contribution in [3.8, 4) is 0 Å². The summed E-state index contributed by atoms with van der Waals surface area (Å²) >= 11 is 0. The van der Waals surface area contributed by atoms with E-state index in [1.165, 1.54) is 32.8 Å². The molecule has 23 heavy (non-hydrogen) atoms. The minimum absolute atomic E-state index is 1.01. The van der Waals surface area contributed by atoms with E-state index in [4.69, 9.17) is 0 Å². The van der Waals surface area contributed by atoms with Gasteiger partial charge in [0.05, 0.1) is 0 Å². The second-order valence-electron chi connectivity index (χ2n) is 6.43. The molecule has 0 atom stereocenters. The van der Waals surface area contributed by atoms with Gasteiger partial charge in [-0.05, 0) is 13.8 Å². The molecule has 2 aromatic carbocycles. The Hall–Kier alpha value is -1.89. The van der Waals surface area contributed by atoms with Crippen LogP contribution in [-0.4, -0.2) is 21.8 Å². The smallest absolute Gasteiger partial charge is 0.107 e. The molecule has 114 valence electrons. The largest absolute Gasteiger partial charge is 0.192 e. The highest BCUT2D eigenvalue weighted by molar-refractivity contribution is 6.68. The number of hydrogen-bond donors (Lipinski definition) is 0. The third-order valence-electron chi connectivity index (χ3n) is 4.41. The molecule has 0 fully saturated rings. The van der Waals surface area contributed by atoms with Gasteiger partial charge in [0.1, 0.15) is 0 Å². The summed E-state index contributed by atoms with van der Waals surface area (Å²) in [6, 6.07) is 18.1. The Morgan fingerprint density at radius 1 is 0.609 bits per heavy atom. The highest BCUT2D eigenvalue weighted by atomic mass is 13.9. The van der Waals surface area contributed by atoms with E-state index in [1.807, 2.05) is 0 Å². The van der Waals surface area contributed by atoms with Gasteiger partial charge in [-0.25, -0.2) is 0 Å². The molecule has 0 aliphatic carbocycles. The molecule has 0 nitrogen and oxygen atoms in total. The summed E-state index contributed by atoms with van der Waals surface area (Å²) in [5.41, 5.74) is 8.38. The first-order valence-electron chi connectivity index (χ1n) is 8.50. The van der Waals surface area contributed by atoms with Gasteiger partial charge >= 0.3 is 0 Å². The molecule has 0 unspecified atom stereocenters. The quantitative estimate of drug-likeness (QED) is 0.699. The van der Waals surface area contributed by atoms with Crippen LogP contribution in [0.3, 0.4) is 0 Å². The molecule has 2 rings (SSSR count). The molecular weight excluding hydrogens is 273 g/mol. The third-order valence-corrected chi connectivity index (χ3v) is 4.41. The average molecular weight is 298 g/mol. The van der Waals surface area contributed by atoms with Gasteiger partial charge in [0.15, 0.2) is 21.8 Å². The summed E-state index contributed by atoms with van der Waals surface area (Å²) in [6.45, 7) is 8.58. The van der Waals surface area contributed by atoms with E-state index in [2.05, 4.69) is 88.4 Å². The maximum absolute atomic E-state index is 2.26. The van der Waals surface area contributed by atoms with Gasteiger partial charge in [-0.2, -0.15) is 0 Å². The molecule has 0 aliphatic rings. The topological polar surface area (TPSA) is 0 Å². The van der Waals surface area contributed by atoms with Gasteiger partial charge in [0, 0.05) is 0 Å². The SMILES string of the molecule is C/C=C(\C)Bc1ccc(Bc2ccc(B/C(C)=C/C)cc2)cc1. The summed E-state index contributed by atoms with van der Waals surface area (Å²) in [6.07, 6.45) is 4.37. The Balaban J connectivity index is 1.99. The molecule has 0 N–H and O–H groups in total. The molecule has 0 aromatic heterocycles. The van der Waals surface area contributed by atoms with Crippen LogP contribution >= 0.6 is 0 Å². The van der Waals surface area contributed by atoms with E-state index in [-0.39, 0.29) is 0 Å². The summed E-state index contributed by atoms with van der Waals surface area (Å²) in [4.78, 5) is 0. The Morgan fingerprint density at radius 2 is 0.913 bits per heavy atom. The molecule has 0 saturated carbocycles. The normalized spacial score (nSPS) is 12.0. The van der Waals surface area contributed by atoms with Crippen molar-refractivity contribution in [3.05, 3.63) is 71.6 Å². The lowest BCUT2D eigenvalue weighted by molar-refractivity contribution is 1.57. The zero-order valence-electron chi connectivity index (χ0n) is 14.9. The lowest BCUT2D eigenvalue weighted by Crippen LogP contribution is -2.30. The van der Waals surface area contributed by atoms with Crippen LogP contribution in [0.2, 0.25) is 0 Å². The highest BCUT2D eigenvalue weighted by Gasteiger charge is 2.02. The second-order valence-corrected chi connectivity index (χ2v) is 6.43. The van der Waals surface area contributed by atoms with E-state index in [0.717, 1.165) is 21.8 Å². The first kappa shape index (κ1) is 17.5. The lowest BCUT2D eigenvalue weighted by Gasteiger charge is -2.05. The van der Waals surface area contributed by atoms with Crippen LogP contribution in [0.1, 0.15) is 27.7 Å².